The van der Waals surface area contributed by atoms with E-state index < -0.39 is 23.4 Å². The van der Waals surface area contributed by atoms with Crippen molar-refractivity contribution in [2.24, 2.45) is 0 Å². The van der Waals surface area contributed by atoms with Crippen LogP contribution in [-0.4, -0.2) is 29.4 Å². The van der Waals surface area contributed by atoms with Crippen molar-refractivity contribution in [3.8, 4) is 0 Å². The molecule has 0 aromatic heterocycles. The third-order valence-corrected chi connectivity index (χ3v) is 3.10. The number of esters is 1. The first-order valence-corrected chi connectivity index (χ1v) is 7.06. The number of carbonyl (C=O) groups is 2. The monoisotopic (exact) mass is 308 g/mol. The predicted molar refractivity (Wildman–Crippen MR) is 80.6 cm³/mol. The van der Waals surface area contributed by atoms with Crippen LogP contribution in [0.1, 0.15) is 42.6 Å². The van der Waals surface area contributed by atoms with Gasteiger partial charge in [0.15, 0.2) is 6.61 Å². The average Bonchev–Trinajstić information content (AvgIpc) is 2.45. The van der Waals surface area contributed by atoms with Crippen LogP contribution in [0.4, 0.5) is 5.69 Å². The number of nitrogens with zero attached hydrogens (tertiary/aromatic N) is 1. The largest absolute Gasteiger partial charge is 0.452 e. The SMILES string of the molecule is CCCC(C)NC(=O)COC(=O)c1ccc(C)c([N+](=O)[O-])c1. The average molecular weight is 308 g/mol. The Bertz CT molecular complexity index is 571. The van der Waals surface area contributed by atoms with Crippen molar-refractivity contribution in [1.82, 2.24) is 5.32 Å². The molecule has 0 aliphatic heterocycles. The molecule has 0 fully saturated rings. The first-order chi connectivity index (χ1) is 10.3. The number of ether oxygens (including phenoxy) is 1. The second kappa shape index (κ2) is 8.11. The molecule has 0 bridgehead atoms. The molecule has 7 nitrogen and oxygen atoms in total. The summed E-state index contributed by atoms with van der Waals surface area (Å²) in [5.74, 6) is -1.16. The molecule has 0 saturated heterocycles. The van der Waals surface area contributed by atoms with Gasteiger partial charge in [-0.1, -0.05) is 19.4 Å². The standard InChI is InChI=1S/C15H20N2O5/c1-4-5-11(3)16-14(18)9-22-15(19)12-7-6-10(2)13(8-12)17(20)21/h6-8,11H,4-5,9H2,1-3H3,(H,16,18). The van der Waals surface area contributed by atoms with Crippen LogP contribution in [0.3, 0.4) is 0 Å². The van der Waals surface area contributed by atoms with Crippen LogP contribution in [0.5, 0.6) is 0 Å². The number of hydrogen-bond donors (Lipinski definition) is 1. The van der Waals surface area contributed by atoms with Gasteiger partial charge in [0.25, 0.3) is 11.6 Å². The highest BCUT2D eigenvalue weighted by atomic mass is 16.6. The summed E-state index contributed by atoms with van der Waals surface area (Å²) in [5, 5.41) is 13.5. The predicted octanol–water partition coefficient (Wildman–Crippen LogP) is 2.36. The summed E-state index contributed by atoms with van der Waals surface area (Å²) < 4.78 is 4.87. The smallest absolute Gasteiger partial charge is 0.338 e. The molecular weight excluding hydrogens is 288 g/mol. The maximum absolute atomic E-state index is 11.8. The fourth-order valence-electron chi connectivity index (χ4n) is 1.97. The minimum Gasteiger partial charge on any atom is -0.452 e. The number of nitro benzene ring substituents is 1. The van der Waals surface area contributed by atoms with E-state index in [0.29, 0.717) is 5.56 Å². The number of amides is 1. The van der Waals surface area contributed by atoms with Gasteiger partial charge in [-0.15, -0.1) is 0 Å². The summed E-state index contributed by atoms with van der Waals surface area (Å²) in [6, 6.07) is 4.06. The summed E-state index contributed by atoms with van der Waals surface area (Å²) in [6.45, 7) is 5.05. The molecule has 1 rings (SSSR count). The van der Waals surface area contributed by atoms with Crippen LogP contribution in [0.25, 0.3) is 0 Å². The van der Waals surface area contributed by atoms with Crippen LogP contribution in [0, 0.1) is 17.0 Å². The molecule has 0 spiro atoms. The van der Waals surface area contributed by atoms with E-state index in [2.05, 4.69) is 5.32 Å². The molecule has 0 aliphatic carbocycles. The van der Waals surface area contributed by atoms with E-state index in [4.69, 9.17) is 4.74 Å². The molecule has 0 radical (unpaired) electrons. The van der Waals surface area contributed by atoms with Crippen LogP contribution < -0.4 is 5.32 Å². The molecule has 1 unspecified atom stereocenters. The summed E-state index contributed by atoms with van der Waals surface area (Å²) in [5.41, 5.74) is 0.342. The molecule has 1 N–H and O–H groups in total. The molecule has 1 atom stereocenters. The van der Waals surface area contributed by atoms with Gasteiger partial charge in [0.05, 0.1) is 10.5 Å². The Balaban J connectivity index is 2.61. The minimum absolute atomic E-state index is 0.0108. The van der Waals surface area contributed by atoms with Gasteiger partial charge in [-0.3, -0.25) is 14.9 Å². The maximum Gasteiger partial charge on any atom is 0.338 e. The van der Waals surface area contributed by atoms with Gasteiger partial charge in [-0.05, 0) is 26.3 Å². The van der Waals surface area contributed by atoms with Crippen molar-refractivity contribution < 1.29 is 19.2 Å². The third-order valence-electron chi connectivity index (χ3n) is 3.10. The minimum atomic E-state index is -0.763. The number of carbonyl (C=O) groups excluding carboxylic acids is 2. The van der Waals surface area contributed by atoms with E-state index in [0.717, 1.165) is 18.9 Å². The van der Waals surface area contributed by atoms with Gasteiger partial charge < -0.3 is 10.1 Å². The fourth-order valence-corrected chi connectivity index (χ4v) is 1.97. The van der Waals surface area contributed by atoms with E-state index in [1.165, 1.54) is 12.1 Å². The zero-order valence-corrected chi connectivity index (χ0v) is 12.9. The van der Waals surface area contributed by atoms with Crippen molar-refractivity contribution in [3.05, 3.63) is 39.4 Å². The molecule has 7 heteroatoms. The number of rotatable bonds is 7. The molecule has 0 aliphatic rings. The van der Waals surface area contributed by atoms with Gasteiger partial charge in [0.1, 0.15) is 0 Å². The van der Waals surface area contributed by atoms with Gasteiger partial charge in [0.2, 0.25) is 0 Å². The molecular formula is C15H20N2O5. The van der Waals surface area contributed by atoms with Crippen LogP contribution in [-0.2, 0) is 9.53 Å². The zero-order chi connectivity index (χ0) is 16.7. The van der Waals surface area contributed by atoms with Gasteiger partial charge in [-0.2, -0.15) is 0 Å². The van der Waals surface area contributed by atoms with E-state index >= 15 is 0 Å². The molecule has 0 heterocycles. The second-order valence-corrected chi connectivity index (χ2v) is 5.09. The zero-order valence-electron chi connectivity index (χ0n) is 12.9. The van der Waals surface area contributed by atoms with E-state index in [1.807, 2.05) is 13.8 Å². The lowest BCUT2D eigenvalue weighted by atomic mass is 10.1. The Morgan fingerprint density at radius 2 is 2.09 bits per heavy atom. The molecule has 1 amide bonds. The Morgan fingerprint density at radius 3 is 2.68 bits per heavy atom. The lowest BCUT2D eigenvalue weighted by Gasteiger charge is -2.12. The van der Waals surface area contributed by atoms with Crippen molar-refractivity contribution in [1.29, 1.82) is 0 Å². The first kappa shape index (κ1) is 17.6. The first-order valence-electron chi connectivity index (χ1n) is 7.06. The highest BCUT2D eigenvalue weighted by molar-refractivity contribution is 5.92. The summed E-state index contributed by atoms with van der Waals surface area (Å²) >= 11 is 0. The summed E-state index contributed by atoms with van der Waals surface area (Å²) in [4.78, 5) is 33.7. The quantitative estimate of drug-likeness (QED) is 0.473. The number of nitro groups is 1. The van der Waals surface area contributed by atoms with E-state index in [-0.39, 0.29) is 17.3 Å². The van der Waals surface area contributed by atoms with Crippen LogP contribution >= 0.6 is 0 Å². The van der Waals surface area contributed by atoms with Crippen LogP contribution in [0.2, 0.25) is 0 Å². The highest BCUT2D eigenvalue weighted by Crippen LogP contribution is 2.19. The molecule has 22 heavy (non-hydrogen) atoms. The number of hydrogen-bond acceptors (Lipinski definition) is 5. The molecule has 0 saturated carbocycles. The highest BCUT2D eigenvalue weighted by Gasteiger charge is 2.17. The molecule has 1 aromatic carbocycles. The normalized spacial score (nSPS) is 11.6. The van der Waals surface area contributed by atoms with Crippen molar-refractivity contribution in [2.75, 3.05) is 6.61 Å². The topological polar surface area (TPSA) is 98.5 Å². The van der Waals surface area contributed by atoms with Gasteiger partial charge in [-0.25, -0.2) is 4.79 Å². The van der Waals surface area contributed by atoms with E-state index in [1.54, 1.807) is 6.92 Å². The van der Waals surface area contributed by atoms with Crippen molar-refractivity contribution in [3.63, 3.8) is 0 Å². The fraction of sp³-hybridized carbons (Fsp3) is 0.467. The Hall–Kier alpha value is -2.44. The van der Waals surface area contributed by atoms with Crippen molar-refractivity contribution >= 4 is 17.6 Å². The Labute approximate surface area is 128 Å². The lowest BCUT2D eigenvalue weighted by molar-refractivity contribution is -0.385. The summed E-state index contributed by atoms with van der Waals surface area (Å²) in [7, 11) is 0. The number of benzene rings is 1. The number of nitrogens with one attached hydrogen (secondary N) is 1. The van der Waals surface area contributed by atoms with Gasteiger partial charge >= 0.3 is 5.97 Å². The van der Waals surface area contributed by atoms with Gasteiger partial charge in [0, 0.05) is 17.7 Å². The lowest BCUT2D eigenvalue weighted by Crippen LogP contribution is -2.35. The Morgan fingerprint density at radius 1 is 1.41 bits per heavy atom. The Kier molecular flexibility index (Phi) is 6.49. The second-order valence-electron chi connectivity index (χ2n) is 5.09. The third kappa shape index (κ3) is 5.16. The molecule has 120 valence electrons. The van der Waals surface area contributed by atoms with E-state index in [9.17, 15) is 19.7 Å². The van der Waals surface area contributed by atoms with Crippen molar-refractivity contribution in [2.45, 2.75) is 39.7 Å². The molecule has 1 aromatic rings. The number of aryl methyl sites for hydroxylation is 1. The van der Waals surface area contributed by atoms with Crippen LogP contribution in [0.15, 0.2) is 18.2 Å². The summed E-state index contributed by atoms with van der Waals surface area (Å²) in [6.07, 6.45) is 1.78. The maximum atomic E-state index is 11.8.